The summed E-state index contributed by atoms with van der Waals surface area (Å²) in [5.74, 6) is 1.23. The van der Waals surface area contributed by atoms with Gasteiger partial charge in [0.2, 0.25) is 11.7 Å². The maximum atomic E-state index is 11.8. The van der Waals surface area contributed by atoms with Crippen molar-refractivity contribution in [2.75, 3.05) is 6.54 Å². The fraction of sp³-hybridized carbons (Fsp3) is 0.692. The third kappa shape index (κ3) is 3.55. The van der Waals surface area contributed by atoms with E-state index >= 15 is 0 Å². The lowest BCUT2D eigenvalue weighted by molar-refractivity contribution is -0.121. The number of carbonyl (C=O) groups excluding carboxylic acids is 2. The number of aromatic nitrogens is 3. The Morgan fingerprint density at radius 2 is 2.05 bits per heavy atom. The number of nitrogens with one attached hydrogen (secondary N) is 3. The predicted octanol–water partition coefficient (Wildman–Crippen LogP) is 0.471. The Morgan fingerprint density at radius 3 is 2.75 bits per heavy atom. The molecule has 2 amide bonds. The first-order chi connectivity index (χ1) is 9.72. The molecular formula is C13H19N5O2. The number of nitrogens with zero attached hydrogens (tertiary/aromatic N) is 2. The molecule has 3 N–H and O–H groups in total. The van der Waals surface area contributed by atoms with Crippen LogP contribution in [0.1, 0.15) is 60.9 Å². The summed E-state index contributed by atoms with van der Waals surface area (Å²) in [5.41, 5.74) is 0. The molecule has 2 fully saturated rings. The van der Waals surface area contributed by atoms with E-state index < -0.39 is 0 Å². The van der Waals surface area contributed by atoms with Gasteiger partial charge < -0.3 is 10.6 Å². The third-order valence-corrected chi connectivity index (χ3v) is 3.48. The molecule has 7 nitrogen and oxygen atoms in total. The molecule has 0 radical (unpaired) electrons. The number of aromatic amines is 1. The van der Waals surface area contributed by atoms with Crippen molar-refractivity contribution >= 4 is 11.8 Å². The standard InChI is InChI=1S/C13H19N5O2/c19-10(15-9-5-6-9)2-1-7-14-13(20)12-16-11(17-18-12)8-3-4-8/h8-9H,1-7H2,(H,14,20)(H,15,19)(H,16,17,18). The average Bonchev–Trinajstić information content (AvgIpc) is 3.36. The van der Waals surface area contributed by atoms with Crippen LogP contribution in [-0.2, 0) is 4.79 Å². The van der Waals surface area contributed by atoms with Crippen molar-refractivity contribution in [3.8, 4) is 0 Å². The Kier molecular flexibility index (Phi) is 3.66. The van der Waals surface area contributed by atoms with Gasteiger partial charge in [0.15, 0.2) is 0 Å². The van der Waals surface area contributed by atoms with Crippen LogP contribution < -0.4 is 10.6 Å². The van der Waals surface area contributed by atoms with Gasteiger partial charge in [-0.3, -0.25) is 14.7 Å². The monoisotopic (exact) mass is 277 g/mol. The van der Waals surface area contributed by atoms with Crippen LogP contribution in [0.15, 0.2) is 0 Å². The van der Waals surface area contributed by atoms with Crippen molar-refractivity contribution < 1.29 is 9.59 Å². The van der Waals surface area contributed by atoms with Crippen LogP contribution in [0.4, 0.5) is 0 Å². The van der Waals surface area contributed by atoms with Gasteiger partial charge in [0.05, 0.1) is 0 Å². The lowest BCUT2D eigenvalue weighted by Gasteiger charge is -2.03. The lowest BCUT2D eigenvalue weighted by atomic mass is 10.3. The zero-order valence-electron chi connectivity index (χ0n) is 11.3. The molecule has 1 aromatic heterocycles. The van der Waals surface area contributed by atoms with E-state index in [2.05, 4.69) is 25.8 Å². The molecule has 0 aliphatic heterocycles. The zero-order valence-corrected chi connectivity index (χ0v) is 11.3. The van der Waals surface area contributed by atoms with Gasteiger partial charge in [-0.25, -0.2) is 4.98 Å². The van der Waals surface area contributed by atoms with Crippen LogP contribution in [0.25, 0.3) is 0 Å². The van der Waals surface area contributed by atoms with Gasteiger partial charge in [0, 0.05) is 24.9 Å². The Labute approximate surface area is 116 Å². The minimum atomic E-state index is -0.282. The molecule has 1 heterocycles. The highest BCUT2D eigenvalue weighted by Crippen LogP contribution is 2.37. The molecule has 7 heteroatoms. The normalized spacial score (nSPS) is 17.8. The summed E-state index contributed by atoms with van der Waals surface area (Å²) in [7, 11) is 0. The molecule has 0 unspecified atom stereocenters. The van der Waals surface area contributed by atoms with E-state index in [1.807, 2.05) is 0 Å². The van der Waals surface area contributed by atoms with Crippen LogP contribution in [-0.4, -0.2) is 39.6 Å². The third-order valence-electron chi connectivity index (χ3n) is 3.48. The molecule has 2 aliphatic rings. The Hall–Kier alpha value is -1.92. The Morgan fingerprint density at radius 1 is 1.25 bits per heavy atom. The first-order valence-corrected chi connectivity index (χ1v) is 7.22. The van der Waals surface area contributed by atoms with E-state index in [4.69, 9.17) is 0 Å². The summed E-state index contributed by atoms with van der Waals surface area (Å²) < 4.78 is 0. The summed E-state index contributed by atoms with van der Waals surface area (Å²) >= 11 is 0. The van der Waals surface area contributed by atoms with Crippen LogP contribution in [0.2, 0.25) is 0 Å². The average molecular weight is 277 g/mol. The number of rotatable bonds is 7. The Balaban J connectivity index is 1.34. The van der Waals surface area contributed by atoms with Crippen molar-refractivity contribution in [2.45, 2.75) is 50.5 Å². The zero-order chi connectivity index (χ0) is 13.9. The van der Waals surface area contributed by atoms with Gasteiger partial charge in [-0.15, -0.1) is 5.10 Å². The number of hydrogen-bond acceptors (Lipinski definition) is 4. The second-order valence-electron chi connectivity index (χ2n) is 5.52. The van der Waals surface area contributed by atoms with Gasteiger partial charge in [0.25, 0.3) is 5.91 Å². The van der Waals surface area contributed by atoms with Gasteiger partial charge >= 0.3 is 0 Å². The summed E-state index contributed by atoms with van der Waals surface area (Å²) in [4.78, 5) is 27.4. The van der Waals surface area contributed by atoms with Crippen molar-refractivity contribution in [1.82, 2.24) is 25.8 Å². The highest BCUT2D eigenvalue weighted by atomic mass is 16.2. The summed E-state index contributed by atoms with van der Waals surface area (Å²) in [6.45, 7) is 0.463. The van der Waals surface area contributed by atoms with Crippen LogP contribution >= 0.6 is 0 Å². The van der Waals surface area contributed by atoms with Gasteiger partial charge in [-0.1, -0.05) is 0 Å². The van der Waals surface area contributed by atoms with Gasteiger partial charge in [0.1, 0.15) is 5.82 Å². The fourth-order valence-corrected chi connectivity index (χ4v) is 1.97. The molecule has 0 atom stereocenters. The van der Waals surface area contributed by atoms with Gasteiger partial charge in [-0.2, -0.15) is 0 Å². The number of hydrogen-bond donors (Lipinski definition) is 3. The fourth-order valence-electron chi connectivity index (χ4n) is 1.97. The maximum Gasteiger partial charge on any atom is 0.290 e. The second-order valence-corrected chi connectivity index (χ2v) is 5.52. The molecular weight excluding hydrogens is 258 g/mol. The van der Waals surface area contributed by atoms with E-state index in [1.165, 1.54) is 0 Å². The predicted molar refractivity (Wildman–Crippen MR) is 71.1 cm³/mol. The molecule has 3 rings (SSSR count). The van der Waals surface area contributed by atoms with E-state index in [0.29, 0.717) is 31.3 Å². The largest absolute Gasteiger partial charge is 0.353 e. The van der Waals surface area contributed by atoms with E-state index in [9.17, 15) is 9.59 Å². The molecule has 0 aromatic carbocycles. The van der Waals surface area contributed by atoms with Gasteiger partial charge in [-0.05, 0) is 32.1 Å². The first-order valence-electron chi connectivity index (χ1n) is 7.22. The molecule has 1 aromatic rings. The lowest BCUT2D eigenvalue weighted by Crippen LogP contribution is -2.29. The molecule has 108 valence electrons. The van der Waals surface area contributed by atoms with E-state index in [1.54, 1.807) is 0 Å². The van der Waals surface area contributed by atoms with Crippen molar-refractivity contribution in [3.63, 3.8) is 0 Å². The van der Waals surface area contributed by atoms with Crippen molar-refractivity contribution in [3.05, 3.63) is 11.6 Å². The maximum absolute atomic E-state index is 11.8. The number of H-pyrrole nitrogens is 1. The molecule has 0 spiro atoms. The van der Waals surface area contributed by atoms with E-state index in [-0.39, 0.29) is 17.6 Å². The second kappa shape index (κ2) is 5.60. The van der Waals surface area contributed by atoms with Crippen LogP contribution in [0.5, 0.6) is 0 Å². The van der Waals surface area contributed by atoms with Crippen molar-refractivity contribution in [1.29, 1.82) is 0 Å². The molecule has 2 aliphatic carbocycles. The van der Waals surface area contributed by atoms with Crippen molar-refractivity contribution in [2.24, 2.45) is 0 Å². The minimum absolute atomic E-state index is 0.0654. The SMILES string of the molecule is O=C(CCCNC(=O)c1n[nH]c(C2CC2)n1)NC1CC1. The first kappa shape index (κ1) is 13.1. The topological polar surface area (TPSA) is 99.8 Å². The number of carbonyl (C=O) groups is 2. The smallest absolute Gasteiger partial charge is 0.290 e. The summed E-state index contributed by atoms with van der Waals surface area (Å²) in [5, 5.41) is 12.4. The number of amides is 2. The summed E-state index contributed by atoms with van der Waals surface area (Å²) in [6.07, 6.45) is 5.49. The van der Waals surface area contributed by atoms with Crippen LogP contribution in [0.3, 0.4) is 0 Å². The van der Waals surface area contributed by atoms with Crippen LogP contribution in [0, 0.1) is 0 Å². The molecule has 2 saturated carbocycles. The Bertz CT molecular complexity index is 505. The highest BCUT2D eigenvalue weighted by molar-refractivity contribution is 5.90. The molecule has 0 saturated heterocycles. The highest BCUT2D eigenvalue weighted by Gasteiger charge is 2.28. The minimum Gasteiger partial charge on any atom is -0.353 e. The van der Waals surface area contributed by atoms with E-state index in [0.717, 1.165) is 31.5 Å². The summed E-state index contributed by atoms with van der Waals surface area (Å²) in [6, 6.07) is 0.395. The quantitative estimate of drug-likeness (QED) is 0.631. The molecule has 0 bridgehead atoms. The molecule has 20 heavy (non-hydrogen) atoms.